The van der Waals surface area contributed by atoms with Crippen molar-refractivity contribution in [3.05, 3.63) is 28.2 Å². The average molecular weight is 432 g/mol. The van der Waals surface area contributed by atoms with Crippen LogP contribution in [-0.2, 0) is 0 Å². The highest BCUT2D eigenvalue weighted by molar-refractivity contribution is 6.43. The fourth-order valence-electron chi connectivity index (χ4n) is 2.10. The molecule has 1 aromatic rings. The number of carbonyl (C=O) groups excluding carboxylic acids is 1. The molecular weight excluding hydrogens is 383 g/mol. The molecule has 0 aromatic heterocycles. The highest BCUT2D eigenvalue weighted by Gasteiger charge is 2.24. The largest absolute Gasteiger partial charge is 0.368 e. The number of benzene rings is 1. The summed E-state index contributed by atoms with van der Waals surface area (Å²) in [6.45, 7) is -15.5. The Labute approximate surface area is 197 Å². The molecule has 1 aromatic carbocycles. The second kappa shape index (κ2) is 9.85. The molecule has 1 saturated carbocycles. The number of nitrogens with one attached hydrogen (secondary N) is 2. The second-order valence-corrected chi connectivity index (χ2v) is 6.10. The van der Waals surface area contributed by atoms with E-state index >= 15 is 0 Å². The number of halogens is 2. The molecule has 2 aliphatic rings. The van der Waals surface area contributed by atoms with Gasteiger partial charge in [-0.05, 0) is 56.5 Å². The Balaban J connectivity index is 2.19. The first-order valence-corrected chi connectivity index (χ1v) is 8.62. The summed E-state index contributed by atoms with van der Waals surface area (Å²) in [7, 11) is 1.02. The van der Waals surface area contributed by atoms with E-state index in [4.69, 9.17) is 47.9 Å². The zero-order chi connectivity index (χ0) is 35.4. The molecule has 5 nitrogen and oxygen atoms in total. The molecule has 2 fully saturated rings. The van der Waals surface area contributed by atoms with Crippen molar-refractivity contribution < 1.29 is 29.5 Å². The molecule has 0 bridgehead atoms. The molecule has 1 saturated heterocycles. The Bertz CT molecular complexity index is 1300. The van der Waals surface area contributed by atoms with Gasteiger partial charge in [-0.3, -0.25) is 4.90 Å². The number of hydrogen-bond donors (Lipinski definition) is 2. The lowest BCUT2D eigenvalue weighted by molar-refractivity contribution is 0.206. The third-order valence-electron chi connectivity index (χ3n) is 3.49. The standard InChI is InChI=1S/C20H30Cl2N4O/c1-23-20(27)24-16-7-5-15(6-8-16)9-10-25-11-13-26(14-12-25)18-4-2-3-17(21)19(18)22/h2-4,15-16H,5-14H2,1H3,(H2,23,24,27)/i5D2,6D2,7D2,8D2,11D2,12D2,13D2,14D2,15D,16D. The van der Waals surface area contributed by atoms with Crippen molar-refractivity contribution in [3.63, 3.8) is 0 Å². The van der Waals surface area contributed by atoms with Crippen molar-refractivity contribution in [1.82, 2.24) is 15.5 Å². The summed E-state index contributed by atoms with van der Waals surface area (Å²) in [5, 5.41) is 2.91. The molecule has 1 aliphatic carbocycles. The third kappa shape index (κ3) is 5.66. The summed E-state index contributed by atoms with van der Waals surface area (Å²) < 4.78 is 154. The molecule has 150 valence electrons. The SMILES string of the molecule is [2H]C1([2H])N(CCC2([2H])C([2H])([2H])C([2H])([2H])C([2H])(NC(=O)NC)C([2H])([2H])C2([2H])[2H])C([2H])([2H])C([2H])([2H])N(c2cccc(Cl)c2Cl)C1([2H])[2H]. The smallest absolute Gasteiger partial charge is 0.314 e. The van der Waals surface area contributed by atoms with E-state index in [0.29, 0.717) is 0 Å². The maximum absolute atomic E-state index is 12.1. The summed E-state index contributed by atoms with van der Waals surface area (Å²) in [6, 6.07) is -1.50. The van der Waals surface area contributed by atoms with Crippen molar-refractivity contribution in [2.75, 3.05) is 44.5 Å². The predicted molar refractivity (Wildman–Crippen MR) is 113 cm³/mol. The van der Waals surface area contributed by atoms with Crippen LogP contribution in [0.5, 0.6) is 0 Å². The van der Waals surface area contributed by atoms with Gasteiger partial charge >= 0.3 is 6.03 Å². The van der Waals surface area contributed by atoms with Crippen LogP contribution in [-0.4, -0.2) is 56.5 Å². The minimum absolute atomic E-state index is 0.0477. The van der Waals surface area contributed by atoms with Gasteiger partial charge in [0.25, 0.3) is 0 Å². The van der Waals surface area contributed by atoms with Gasteiger partial charge in [-0.25, -0.2) is 4.79 Å². The van der Waals surface area contributed by atoms with Gasteiger partial charge in [0.1, 0.15) is 0 Å². The molecule has 0 unspecified atom stereocenters. The van der Waals surface area contributed by atoms with E-state index in [-0.39, 0.29) is 14.8 Å². The van der Waals surface area contributed by atoms with E-state index < -0.39 is 93.1 Å². The molecular formula is C20H30Cl2N4O. The normalized spacial score (nSPS) is 54.1. The first-order chi connectivity index (χ1) is 19.8. The first kappa shape index (κ1) is 7.58. The van der Waals surface area contributed by atoms with Crippen LogP contribution in [0.3, 0.4) is 0 Å². The molecule has 3 rings (SSSR count). The minimum atomic E-state index is -3.88. The minimum Gasteiger partial charge on any atom is -0.368 e. The number of hydrogen-bond acceptors (Lipinski definition) is 3. The summed E-state index contributed by atoms with van der Waals surface area (Å²) in [5.74, 6) is -3.62. The van der Waals surface area contributed by atoms with Crippen LogP contribution in [0, 0.1) is 5.89 Å². The van der Waals surface area contributed by atoms with Crippen LogP contribution in [0.15, 0.2) is 18.2 Å². The molecule has 2 N–H and O–H groups in total. The fourth-order valence-corrected chi connectivity index (χ4v) is 2.48. The lowest BCUT2D eigenvalue weighted by Gasteiger charge is -2.37. The number of carbonyl (C=O) groups is 1. The lowest BCUT2D eigenvalue weighted by Crippen LogP contribution is -2.47. The van der Waals surface area contributed by atoms with E-state index in [1.165, 1.54) is 12.1 Å². The van der Waals surface area contributed by atoms with E-state index in [1.807, 2.05) is 5.32 Å². The average Bonchev–Trinajstić information content (AvgIpc) is 2.88. The highest BCUT2D eigenvalue weighted by Crippen LogP contribution is 2.33. The number of anilines is 1. The number of piperazine rings is 1. The summed E-state index contributed by atoms with van der Waals surface area (Å²) >= 11 is 12.2. The van der Waals surface area contributed by atoms with Crippen LogP contribution < -0.4 is 15.5 Å². The van der Waals surface area contributed by atoms with Crippen molar-refractivity contribution >= 4 is 34.9 Å². The maximum Gasteiger partial charge on any atom is 0.314 e. The van der Waals surface area contributed by atoms with Gasteiger partial charge in [-0.15, -0.1) is 0 Å². The van der Waals surface area contributed by atoms with Gasteiger partial charge in [-0.1, -0.05) is 29.3 Å². The topological polar surface area (TPSA) is 47.6 Å². The molecule has 0 spiro atoms. The molecule has 1 aliphatic heterocycles. The molecule has 2 amide bonds. The van der Waals surface area contributed by atoms with Crippen LogP contribution in [0.25, 0.3) is 0 Å². The Morgan fingerprint density at radius 2 is 1.93 bits per heavy atom. The van der Waals surface area contributed by atoms with Gasteiger partial charge in [0.2, 0.25) is 0 Å². The van der Waals surface area contributed by atoms with E-state index in [2.05, 4.69) is 0 Å². The van der Waals surface area contributed by atoms with Crippen LogP contribution in [0.4, 0.5) is 10.5 Å². The number of urea groups is 1. The Kier molecular flexibility index (Phi) is 2.77. The van der Waals surface area contributed by atoms with Crippen LogP contribution in [0.1, 0.15) is 56.6 Å². The molecule has 1 heterocycles. The van der Waals surface area contributed by atoms with Crippen molar-refractivity contribution in [2.45, 2.75) is 37.9 Å². The zero-order valence-electron chi connectivity index (χ0n) is 32.2. The monoisotopic (exact) mass is 430 g/mol. The van der Waals surface area contributed by atoms with Gasteiger partial charge < -0.3 is 15.5 Å². The van der Waals surface area contributed by atoms with Crippen molar-refractivity contribution in [1.29, 1.82) is 0 Å². The van der Waals surface area contributed by atoms with Crippen molar-refractivity contribution in [2.24, 2.45) is 5.89 Å². The van der Waals surface area contributed by atoms with Gasteiger partial charge in [0, 0.05) is 56.9 Å². The van der Waals surface area contributed by atoms with E-state index in [0.717, 1.165) is 13.1 Å². The number of rotatable bonds is 5. The number of nitrogens with zero attached hydrogens (tertiary/aromatic N) is 2. The van der Waals surface area contributed by atoms with Gasteiger partial charge in [0.15, 0.2) is 0 Å². The second-order valence-electron chi connectivity index (χ2n) is 5.31. The Morgan fingerprint density at radius 3 is 2.59 bits per heavy atom. The first-order valence-electron chi connectivity index (χ1n) is 16.9. The summed E-state index contributed by atoms with van der Waals surface area (Å²) in [5.41, 5.74) is -0.528. The molecule has 0 atom stereocenters. The lowest BCUT2D eigenvalue weighted by atomic mass is 9.84. The summed E-state index contributed by atoms with van der Waals surface area (Å²) in [6.07, 6.45) is -17.0. The maximum atomic E-state index is 12.1. The highest BCUT2D eigenvalue weighted by atomic mass is 35.5. The van der Waals surface area contributed by atoms with Crippen molar-refractivity contribution in [3.8, 4) is 0 Å². The predicted octanol–water partition coefficient (Wildman–Crippen LogP) is 3.99. The van der Waals surface area contributed by atoms with Crippen LogP contribution >= 0.6 is 23.2 Å². The fraction of sp³-hybridized carbons (Fsp3) is 0.650. The van der Waals surface area contributed by atoms with Crippen LogP contribution in [0.2, 0.25) is 10.0 Å². The quantitative estimate of drug-likeness (QED) is 0.741. The third-order valence-corrected chi connectivity index (χ3v) is 4.30. The molecule has 7 heteroatoms. The van der Waals surface area contributed by atoms with E-state index in [9.17, 15) is 4.79 Å². The zero-order valence-corrected chi connectivity index (χ0v) is 15.7. The van der Waals surface area contributed by atoms with Gasteiger partial charge in [0.05, 0.1) is 22.6 Å². The van der Waals surface area contributed by atoms with Gasteiger partial charge in [-0.2, -0.15) is 0 Å². The Hall–Kier alpha value is -1.17. The number of amides is 2. The molecule has 27 heavy (non-hydrogen) atoms. The molecule has 0 radical (unpaired) electrons. The van der Waals surface area contributed by atoms with E-state index in [1.54, 1.807) is 5.32 Å². The Morgan fingerprint density at radius 1 is 1.22 bits per heavy atom. The summed E-state index contributed by atoms with van der Waals surface area (Å²) in [4.78, 5) is 12.1.